The topological polar surface area (TPSA) is 16.1 Å². The number of halogens is 1. The van der Waals surface area contributed by atoms with Gasteiger partial charge in [0.25, 0.3) is 0 Å². The zero-order chi connectivity index (χ0) is 13.5. The number of rotatable bonds is 7. The van der Waals surface area contributed by atoms with E-state index in [-0.39, 0.29) is 0 Å². The van der Waals surface area contributed by atoms with Crippen LogP contribution in [-0.4, -0.2) is 28.3 Å². The number of pyridine rings is 1. The minimum atomic E-state index is 0.990. The lowest BCUT2D eigenvalue weighted by Crippen LogP contribution is -2.26. The molecule has 0 spiro atoms. The van der Waals surface area contributed by atoms with Crippen molar-refractivity contribution in [3.63, 3.8) is 0 Å². The summed E-state index contributed by atoms with van der Waals surface area (Å²) < 4.78 is 0. The predicted molar refractivity (Wildman–Crippen MR) is 85.7 cm³/mol. The highest BCUT2D eigenvalue weighted by Gasteiger charge is 2.06. The molecule has 0 unspecified atom stereocenters. The number of fused-ring (bicyclic) bond motifs is 1. The van der Waals surface area contributed by atoms with Gasteiger partial charge in [-0.15, -0.1) is 0 Å². The molecule has 1 aromatic heterocycles. The zero-order valence-corrected chi connectivity index (χ0v) is 13.1. The maximum atomic E-state index is 4.54. The zero-order valence-electron chi connectivity index (χ0n) is 11.5. The molecule has 0 bridgehead atoms. The molecule has 1 heterocycles. The van der Waals surface area contributed by atoms with Crippen LogP contribution in [0.5, 0.6) is 0 Å². The third-order valence-electron chi connectivity index (χ3n) is 3.28. The summed E-state index contributed by atoms with van der Waals surface area (Å²) in [5, 5.41) is 2.26. The van der Waals surface area contributed by atoms with Gasteiger partial charge in [0.1, 0.15) is 0 Å². The Hall–Kier alpha value is -0.930. The molecule has 2 rings (SSSR count). The number of benzene rings is 1. The largest absolute Gasteiger partial charge is 0.298 e. The van der Waals surface area contributed by atoms with Gasteiger partial charge < -0.3 is 0 Å². The number of para-hydroxylation sites is 1. The van der Waals surface area contributed by atoms with Crippen molar-refractivity contribution >= 4 is 26.8 Å². The fourth-order valence-electron chi connectivity index (χ4n) is 2.23. The Morgan fingerprint density at radius 1 is 1.21 bits per heavy atom. The van der Waals surface area contributed by atoms with Crippen molar-refractivity contribution in [2.75, 3.05) is 18.4 Å². The van der Waals surface area contributed by atoms with Crippen molar-refractivity contribution in [1.29, 1.82) is 0 Å². The summed E-state index contributed by atoms with van der Waals surface area (Å²) in [4.78, 5) is 7.03. The summed E-state index contributed by atoms with van der Waals surface area (Å²) in [6, 6.07) is 10.6. The third kappa shape index (κ3) is 4.29. The first-order valence-corrected chi connectivity index (χ1v) is 8.07. The maximum Gasteiger partial charge on any atom is 0.0702 e. The first kappa shape index (κ1) is 14.5. The van der Waals surface area contributed by atoms with Crippen molar-refractivity contribution in [3.8, 4) is 0 Å². The van der Waals surface area contributed by atoms with Gasteiger partial charge >= 0.3 is 0 Å². The van der Waals surface area contributed by atoms with E-state index in [0.29, 0.717) is 0 Å². The van der Waals surface area contributed by atoms with Gasteiger partial charge in [-0.25, -0.2) is 0 Å². The number of alkyl halides is 1. The monoisotopic (exact) mass is 320 g/mol. The van der Waals surface area contributed by atoms with E-state index in [0.717, 1.165) is 30.5 Å². The quantitative estimate of drug-likeness (QED) is 0.710. The Morgan fingerprint density at radius 2 is 2.05 bits per heavy atom. The van der Waals surface area contributed by atoms with Gasteiger partial charge in [-0.3, -0.25) is 9.88 Å². The van der Waals surface area contributed by atoms with Crippen LogP contribution in [0.3, 0.4) is 0 Å². The van der Waals surface area contributed by atoms with Gasteiger partial charge in [0.05, 0.1) is 5.52 Å². The van der Waals surface area contributed by atoms with Crippen LogP contribution in [0, 0.1) is 0 Å². The summed E-state index contributed by atoms with van der Waals surface area (Å²) in [6.07, 6.45) is 4.51. The highest BCUT2D eigenvalue weighted by molar-refractivity contribution is 9.09. The van der Waals surface area contributed by atoms with E-state index < -0.39 is 0 Å². The number of nitrogens with zero attached hydrogens (tertiary/aromatic N) is 2. The second kappa shape index (κ2) is 7.61. The fraction of sp³-hybridized carbons (Fsp3) is 0.438. The third-order valence-corrected chi connectivity index (χ3v) is 3.64. The van der Waals surface area contributed by atoms with Crippen LogP contribution in [0.4, 0.5) is 0 Å². The van der Waals surface area contributed by atoms with E-state index >= 15 is 0 Å². The molecule has 0 aliphatic rings. The van der Waals surface area contributed by atoms with Crippen LogP contribution in [0.1, 0.15) is 25.3 Å². The van der Waals surface area contributed by atoms with E-state index in [1.54, 1.807) is 0 Å². The molecule has 0 amide bonds. The minimum absolute atomic E-state index is 0.990. The summed E-state index contributed by atoms with van der Waals surface area (Å²) in [5.74, 6) is 0. The van der Waals surface area contributed by atoms with Crippen LogP contribution in [0.2, 0.25) is 0 Å². The van der Waals surface area contributed by atoms with Crippen LogP contribution < -0.4 is 0 Å². The number of hydrogen-bond donors (Lipinski definition) is 0. The van der Waals surface area contributed by atoms with Gasteiger partial charge in [-0.2, -0.15) is 0 Å². The molecule has 0 fully saturated rings. The van der Waals surface area contributed by atoms with Crippen molar-refractivity contribution in [1.82, 2.24) is 9.88 Å². The number of aromatic nitrogens is 1. The highest BCUT2D eigenvalue weighted by Crippen LogP contribution is 2.14. The van der Waals surface area contributed by atoms with E-state index in [1.807, 2.05) is 12.3 Å². The van der Waals surface area contributed by atoms with E-state index in [2.05, 4.69) is 57.0 Å². The molecule has 0 N–H and O–H groups in total. The molecule has 0 saturated carbocycles. The predicted octanol–water partition coefficient (Wildman–Crippen LogP) is 4.23. The average Bonchev–Trinajstić information content (AvgIpc) is 2.45. The van der Waals surface area contributed by atoms with Crippen LogP contribution in [-0.2, 0) is 6.54 Å². The van der Waals surface area contributed by atoms with Crippen molar-refractivity contribution in [3.05, 3.63) is 42.1 Å². The molecule has 2 aromatic rings. The lowest BCUT2D eigenvalue weighted by Gasteiger charge is -2.21. The average molecular weight is 321 g/mol. The Balaban J connectivity index is 2.09. The molecular weight excluding hydrogens is 300 g/mol. The molecule has 0 aliphatic heterocycles. The van der Waals surface area contributed by atoms with Crippen LogP contribution in [0.25, 0.3) is 10.9 Å². The van der Waals surface area contributed by atoms with E-state index in [4.69, 9.17) is 0 Å². The summed E-state index contributed by atoms with van der Waals surface area (Å²) in [6.45, 7) is 5.48. The first-order chi connectivity index (χ1) is 9.33. The van der Waals surface area contributed by atoms with Gasteiger partial charge in [-0.05, 0) is 30.7 Å². The van der Waals surface area contributed by atoms with Crippen molar-refractivity contribution < 1.29 is 0 Å². The van der Waals surface area contributed by atoms with Crippen LogP contribution >= 0.6 is 15.9 Å². The smallest absolute Gasteiger partial charge is 0.0702 e. The SMILES string of the molecule is CCCCN(CCBr)Cc1cnc2ccccc2c1. The Bertz CT molecular complexity index is 513. The molecular formula is C16H21BrN2. The molecule has 0 atom stereocenters. The second-order valence-corrected chi connectivity index (χ2v) is 5.65. The van der Waals surface area contributed by atoms with Crippen molar-refractivity contribution in [2.24, 2.45) is 0 Å². The Morgan fingerprint density at radius 3 is 2.84 bits per heavy atom. The molecule has 102 valence electrons. The molecule has 0 saturated heterocycles. The molecule has 2 nitrogen and oxygen atoms in total. The highest BCUT2D eigenvalue weighted by atomic mass is 79.9. The van der Waals surface area contributed by atoms with Crippen molar-refractivity contribution in [2.45, 2.75) is 26.3 Å². The molecule has 3 heteroatoms. The normalized spacial score (nSPS) is 11.3. The van der Waals surface area contributed by atoms with Gasteiger partial charge in [0, 0.05) is 30.0 Å². The van der Waals surface area contributed by atoms with Crippen LogP contribution in [0.15, 0.2) is 36.5 Å². The van der Waals surface area contributed by atoms with Gasteiger partial charge in [0.2, 0.25) is 0 Å². The first-order valence-electron chi connectivity index (χ1n) is 6.95. The van der Waals surface area contributed by atoms with Gasteiger partial charge in [0.15, 0.2) is 0 Å². The summed E-state index contributed by atoms with van der Waals surface area (Å²) in [7, 11) is 0. The molecule has 1 aromatic carbocycles. The molecule has 19 heavy (non-hydrogen) atoms. The summed E-state index contributed by atoms with van der Waals surface area (Å²) in [5.41, 5.74) is 2.38. The second-order valence-electron chi connectivity index (χ2n) is 4.85. The standard InChI is InChI=1S/C16H21BrN2/c1-2-3-9-19(10-8-17)13-14-11-15-6-4-5-7-16(15)18-12-14/h4-7,11-12H,2-3,8-10,13H2,1H3. The van der Waals surface area contributed by atoms with E-state index in [1.165, 1.54) is 23.8 Å². The van der Waals surface area contributed by atoms with Gasteiger partial charge in [-0.1, -0.05) is 47.5 Å². The number of hydrogen-bond acceptors (Lipinski definition) is 2. The minimum Gasteiger partial charge on any atom is -0.298 e. The fourth-order valence-corrected chi connectivity index (χ4v) is 2.73. The Kier molecular flexibility index (Phi) is 5.80. The summed E-state index contributed by atoms with van der Waals surface area (Å²) >= 11 is 3.54. The Labute approximate surface area is 124 Å². The molecule has 0 aliphatic carbocycles. The lowest BCUT2D eigenvalue weighted by atomic mass is 10.1. The maximum absolute atomic E-state index is 4.54. The molecule has 0 radical (unpaired) electrons. The van der Waals surface area contributed by atoms with E-state index in [9.17, 15) is 0 Å². The lowest BCUT2D eigenvalue weighted by molar-refractivity contribution is 0.278. The number of unbranched alkanes of at least 4 members (excludes halogenated alkanes) is 1.